The van der Waals surface area contributed by atoms with Crippen molar-refractivity contribution in [1.29, 1.82) is 0 Å². The van der Waals surface area contributed by atoms with Crippen molar-refractivity contribution in [2.75, 3.05) is 36.5 Å². The highest BCUT2D eigenvalue weighted by Gasteiger charge is 2.12. The molecule has 2 heterocycles. The van der Waals surface area contributed by atoms with Gasteiger partial charge in [0.05, 0.1) is 25.1 Å². The molecule has 1 aliphatic heterocycles. The molecular formula is C16H16IN3O2. The summed E-state index contributed by atoms with van der Waals surface area (Å²) in [5, 5.41) is 2.86. The Balaban J connectivity index is 1.65. The molecule has 3 rings (SSSR count). The zero-order valence-corrected chi connectivity index (χ0v) is 14.1. The molecule has 0 spiro atoms. The van der Waals surface area contributed by atoms with Gasteiger partial charge in [-0.15, -0.1) is 0 Å². The first-order chi connectivity index (χ1) is 10.7. The lowest BCUT2D eigenvalue weighted by atomic mass is 10.2. The highest BCUT2D eigenvalue weighted by molar-refractivity contribution is 14.1. The summed E-state index contributed by atoms with van der Waals surface area (Å²) in [7, 11) is 0. The maximum Gasteiger partial charge on any atom is 0.255 e. The van der Waals surface area contributed by atoms with E-state index in [9.17, 15) is 4.79 Å². The fourth-order valence-corrected chi connectivity index (χ4v) is 2.60. The van der Waals surface area contributed by atoms with Crippen LogP contribution in [0.5, 0.6) is 0 Å². The van der Waals surface area contributed by atoms with Crippen LogP contribution in [0.1, 0.15) is 10.4 Å². The molecule has 0 aliphatic carbocycles. The Morgan fingerprint density at radius 1 is 1.14 bits per heavy atom. The third-order valence-electron chi connectivity index (χ3n) is 3.45. The van der Waals surface area contributed by atoms with Crippen LogP contribution in [0, 0.1) is 3.57 Å². The SMILES string of the molecule is O=C(Nc1ccc(N2CCOCC2)nc1)c1ccc(I)cc1. The normalized spacial score (nSPS) is 14.7. The average Bonchev–Trinajstić information content (AvgIpc) is 2.57. The Hall–Kier alpha value is -1.67. The fourth-order valence-electron chi connectivity index (χ4n) is 2.24. The molecule has 1 aromatic carbocycles. The van der Waals surface area contributed by atoms with E-state index in [0.29, 0.717) is 11.3 Å². The molecule has 114 valence electrons. The number of hydrogen-bond acceptors (Lipinski definition) is 4. The van der Waals surface area contributed by atoms with Gasteiger partial charge in [-0.05, 0) is 59.0 Å². The minimum absolute atomic E-state index is 0.127. The monoisotopic (exact) mass is 409 g/mol. The number of rotatable bonds is 3. The van der Waals surface area contributed by atoms with Gasteiger partial charge in [-0.1, -0.05) is 0 Å². The minimum Gasteiger partial charge on any atom is -0.378 e. The highest BCUT2D eigenvalue weighted by atomic mass is 127. The van der Waals surface area contributed by atoms with E-state index in [1.807, 2.05) is 36.4 Å². The van der Waals surface area contributed by atoms with E-state index in [4.69, 9.17) is 4.74 Å². The Bertz CT molecular complexity index is 637. The van der Waals surface area contributed by atoms with E-state index in [2.05, 4.69) is 37.8 Å². The lowest BCUT2D eigenvalue weighted by Crippen LogP contribution is -2.36. The number of amides is 1. The van der Waals surface area contributed by atoms with E-state index in [1.165, 1.54) is 0 Å². The van der Waals surface area contributed by atoms with Crippen LogP contribution in [-0.2, 0) is 4.74 Å². The van der Waals surface area contributed by atoms with E-state index < -0.39 is 0 Å². The van der Waals surface area contributed by atoms with Gasteiger partial charge < -0.3 is 15.0 Å². The second-order valence-electron chi connectivity index (χ2n) is 4.97. The topological polar surface area (TPSA) is 54.5 Å². The van der Waals surface area contributed by atoms with Crippen LogP contribution in [-0.4, -0.2) is 37.2 Å². The smallest absolute Gasteiger partial charge is 0.255 e. The quantitative estimate of drug-likeness (QED) is 0.793. The van der Waals surface area contributed by atoms with Crippen LogP contribution >= 0.6 is 22.6 Å². The molecule has 1 aromatic heterocycles. The second-order valence-corrected chi connectivity index (χ2v) is 6.21. The number of nitrogens with one attached hydrogen (secondary N) is 1. The molecule has 0 unspecified atom stereocenters. The lowest BCUT2D eigenvalue weighted by molar-refractivity contribution is 0.102. The Labute approximate surface area is 142 Å². The van der Waals surface area contributed by atoms with Crippen molar-refractivity contribution in [3.63, 3.8) is 0 Å². The van der Waals surface area contributed by atoms with Gasteiger partial charge in [-0.2, -0.15) is 0 Å². The summed E-state index contributed by atoms with van der Waals surface area (Å²) >= 11 is 2.21. The molecule has 1 aliphatic rings. The summed E-state index contributed by atoms with van der Waals surface area (Å²) in [6.45, 7) is 3.16. The van der Waals surface area contributed by atoms with Gasteiger partial charge in [0.1, 0.15) is 5.82 Å². The minimum atomic E-state index is -0.127. The molecule has 22 heavy (non-hydrogen) atoms. The third kappa shape index (κ3) is 3.75. The largest absolute Gasteiger partial charge is 0.378 e. The molecule has 0 saturated carbocycles. The summed E-state index contributed by atoms with van der Waals surface area (Å²) < 4.78 is 6.43. The number of anilines is 2. The molecule has 1 saturated heterocycles. The molecule has 6 heteroatoms. The molecule has 1 fully saturated rings. The number of hydrogen-bond donors (Lipinski definition) is 1. The van der Waals surface area contributed by atoms with Gasteiger partial charge in [-0.3, -0.25) is 4.79 Å². The molecule has 0 bridgehead atoms. The number of benzene rings is 1. The van der Waals surface area contributed by atoms with E-state index in [0.717, 1.165) is 35.7 Å². The standard InChI is InChI=1S/C16H16IN3O2/c17-13-3-1-12(2-4-13)16(21)19-14-5-6-15(18-11-14)20-7-9-22-10-8-20/h1-6,11H,7-10H2,(H,19,21). The summed E-state index contributed by atoms with van der Waals surface area (Å²) in [5.74, 6) is 0.785. The van der Waals surface area contributed by atoms with E-state index >= 15 is 0 Å². The number of halogens is 1. The highest BCUT2D eigenvalue weighted by Crippen LogP contribution is 2.16. The van der Waals surface area contributed by atoms with E-state index in [1.54, 1.807) is 6.20 Å². The van der Waals surface area contributed by atoms with Crippen molar-refractivity contribution in [3.8, 4) is 0 Å². The van der Waals surface area contributed by atoms with Gasteiger partial charge in [0.15, 0.2) is 0 Å². The van der Waals surface area contributed by atoms with Crippen LogP contribution in [0.3, 0.4) is 0 Å². The molecule has 5 nitrogen and oxygen atoms in total. The van der Waals surface area contributed by atoms with Gasteiger partial charge in [-0.25, -0.2) is 4.98 Å². The third-order valence-corrected chi connectivity index (χ3v) is 4.17. The number of aromatic nitrogens is 1. The number of carbonyl (C=O) groups excluding carboxylic acids is 1. The van der Waals surface area contributed by atoms with Crippen LogP contribution in [0.2, 0.25) is 0 Å². The van der Waals surface area contributed by atoms with Gasteiger partial charge in [0.25, 0.3) is 5.91 Å². The van der Waals surface area contributed by atoms with Crippen molar-refractivity contribution >= 4 is 40.0 Å². The second kappa shape index (κ2) is 7.06. The Morgan fingerprint density at radius 3 is 2.50 bits per heavy atom. The van der Waals surface area contributed by atoms with Crippen LogP contribution in [0.25, 0.3) is 0 Å². The van der Waals surface area contributed by atoms with Crippen molar-refractivity contribution in [2.24, 2.45) is 0 Å². The fraction of sp³-hybridized carbons (Fsp3) is 0.250. The van der Waals surface area contributed by atoms with Crippen molar-refractivity contribution in [2.45, 2.75) is 0 Å². The van der Waals surface area contributed by atoms with Crippen LogP contribution in [0.15, 0.2) is 42.6 Å². The van der Waals surface area contributed by atoms with E-state index in [-0.39, 0.29) is 5.91 Å². The molecular weight excluding hydrogens is 393 g/mol. The zero-order valence-electron chi connectivity index (χ0n) is 12.0. The first kappa shape index (κ1) is 15.2. The summed E-state index contributed by atoms with van der Waals surface area (Å²) in [4.78, 5) is 18.7. The van der Waals surface area contributed by atoms with Crippen molar-refractivity contribution < 1.29 is 9.53 Å². The molecule has 1 amide bonds. The molecule has 2 aromatic rings. The maximum atomic E-state index is 12.1. The summed E-state index contributed by atoms with van der Waals surface area (Å²) in [6, 6.07) is 11.3. The lowest BCUT2D eigenvalue weighted by Gasteiger charge is -2.27. The molecule has 1 N–H and O–H groups in total. The average molecular weight is 409 g/mol. The van der Waals surface area contributed by atoms with Crippen LogP contribution in [0.4, 0.5) is 11.5 Å². The maximum absolute atomic E-state index is 12.1. The number of carbonyl (C=O) groups is 1. The molecule has 0 radical (unpaired) electrons. The molecule has 0 atom stereocenters. The first-order valence-corrected chi connectivity index (χ1v) is 8.16. The Morgan fingerprint density at radius 2 is 1.86 bits per heavy atom. The Kier molecular flexibility index (Phi) is 4.89. The number of pyridine rings is 1. The number of morpholine rings is 1. The van der Waals surface area contributed by atoms with Gasteiger partial charge in [0.2, 0.25) is 0 Å². The van der Waals surface area contributed by atoms with Gasteiger partial charge >= 0.3 is 0 Å². The summed E-state index contributed by atoms with van der Waals surface area (Å²) in [5.41, 5.74) is 1.33. The van der Waals surface area contributed by atoms with Crippen molar-refractivity contribution in [3.05, 3.63) is 51.7 Å². The predicted octanol–water partition coefficient (Wildman–Crippen LogP) is 2.78. The van der Waals surface area contributed by atoms with Gasteiger partial charge in [0, 0.05) is 22.2 Å². The predicted molar refractivity (Wildman–Crippen MR) is 94.4 cm³/mol. The number of nitrogens with zero attached hydrogens (tertiary/aromatic N) is 2. The van der Waals surface area contributed by atoms with Crippen molar-refractivity contribution in [1.82, 2.24) is 4.98 Å². The van der Waals surface area contributed by atoms with Crippen LogP contribution < -0.4 is 10.2 Å². The first-order valence-electron chi connectivity index (χ1n) is 7.08. The zero-order chi connectivity index (χ0) is 15.4. The number of ether oxygens (including phenoxy) is 1. The summed E-state index contributed by atoms with van der Waals surface area (Å²) in [6.07, 6.45) is 1.69.